The van der Waals surface area contributed by atoms with Crippen molar-refractivity contribution in [1.29, 1.82) is 0 Å². The molecule has 0 fully saturated rings. The van der Waals surface area contributed by atoms with Gasteiger partial charge in [0.1, 0.15) is 0 Å². The first-order chi connectivity index (χ1) is 7.50. The molecular weight excluding hydrogens is 199 g/mol. The van der Waals surface area contributed by atoms with E-state index in [0.717, 1.165) is 24.7 Å². The Balaban J connectivity index is 2.65. The average molecular weight is 226 g/mol. The molecule has 0 bridgehead atoms. The summed E-state index contributed by atoms with van der Waals surface area (Å²) in [6, 6.07) is 0. The first-order valence-electron chi connectivity index (χ1n) is 6.86. The van der Waals surface area contributed by atoms with E-state index >= 15 is 0 Å². The van der Waals surface area contributed by atoms with Crippen LogP contribution < -0.4 is 0 Å². The first kappa shape index (κ1) is 13.7. The van der Waals surface area contributed by atoms with Gasteiger partial charge in [-0.2, -0.15) is 0 Å². The molecule has 0 unspecified atom stereocenters. The molecule has 1 aliphatic rings. The molecule has 0 spiro atoms. The smallest absolute Gasteiger partial charge is 0.0988 e. The van der Waals surface area contributed by atoms with Crippen LogP contribution >= 0.6 is 0 Å². The molecule has 0 heterocycles. The fourth-order valence-electron chi connectivity index (χ4n) is 2.54. The van der Waals surface area contributed by atoms with Gasteiger partial charge in [-0.05, 0) is 43.4 Å². The highest BCUT2D eigenvalue weighted by Gasteiger charge is 2.19. The van der Waals surface area contributed by atoms with Gasteiger partial charge in [0.05, 0.1) is 5.83 Å². The Bertz CT molecular complexity index is 230. The molecular formula is C15H27F. The molecule has 0 N–H and O–H groups in total. The van der Waals surface area contributed by atoms with Crippen molar-refractivity contribution in [3.8, 4) is 0 Å². The lowest BCUT2D eigenvalue weighted by Crippen LogP contribution is -2.13. The van der Waals surface area contributed by atoms with E-state index in [2.05, 4.69) is 20.8 Å². The second kappa shape index (κ2) is 6.42. The maximum Gasteiger partial charge on any atom is 0.0988 e. The van der Waals surface area contributed by atoms with Crippen LogP contribution in [-0.2, 0) is 0 Å². The summed E-state index contributed by atoms with van der Waals surface area (Å²) >= 11 is 0. The van der Waals surface area contributed by atoms with Crippen LogP contribution in [-0.4, -0.2) is 0 Å². The lowest BCUT2D eigenvalue weighted by molar-refractivity contribution is 0.279. The van der Waals surface area contributed by atoms with Crippen LogP contribution in [0.1, 0.15) is 59.8 Å². The number of rotatable bonds is 1. The van der Waals surface area contributed by atoms with E-state index in [9.17, 15) is 4.39 Å². The largest absolute Gasteiger partial charge is 0.212 e. The lowest BCUT2D eigenvalue weighted by atomic mass is 9.81. The van der Waals surface area contributed by atoms with Gasteiger partial charge in [-0.25, -0.2) is 4.39 Å². The normalized spacial score (nSPS) is 36.9. The van der Waals surface area contributed by atoms with Crippen LogP contribution in [0.3, 0.4) is 0 Å². The van der Waals surface area contributed by atoms with Crippen molar-refractivity contribution in [3.05, 3.63) is 11.9 Å². The zero-order valence-corrected chi connectivity index (χ0v) is 11.3. The number of allylic oxidation sites excluding steroid dienone is 2. The molecule has 16 heavy (non-hydrogen) atoms. The van der Waals surface area contributed by atoms with Gasteiger partial charge in [0.15, 0.2) is 0 Å². The van der Waals surface area contributed by atoms with Crippen LogP contribution in [0.15, 0.2) is 11.9 Å². The van der Waals surface area contributed by atoms with Crippen LogP contribution in [0, 0.1) is 23.7 Å². The highest BCUT2D eigenvalue weighted by Crippen LogP contribution is 2.31. The van der Waals surface area contributed by atoms with Crippen LogP contribution in [0.5, 0.6) is 0 Å². The molecule has 0 aliphatic heterocycles. The number of halogens is 1. The fraction of sp³-hybridized carbons (Fsp3) is 0.867. The summed E-state index contributed by atoms with van der Waals surface area (Å²) in [5.41, 5.74) is 0. The molecule has 0 aromatic heterocycles. The van der Waals surface area contributed by atoms with E-state index < -0.39 is 0 Å². The Labute approximate surface area is 100 Å². The minimum Gasteiger partial charge on any atom is -0.212 e. The summed E-state index contributed by atoms with van der Waals surface area (Å²) in [4.78, 5) is 0. The minimum atomic E-state index is 0.122. The topological polar surface area (TPSA) is 0 Å². The lowest BCUT2D eigenvalue weighted by Gasteiger charge is -2.25. The standard InChI is InChI=1S/C15H27F/c1-11(2)14-8-5-12(3)6-10-15(16)13(4)7-9-14/h10-14H,5-9H2,1-4H3/b15-10+/t12-,13-,14+/m1/s1. The van der Waals surface area contributed by atoms with Crippen molar-refractivity contribution < 1.29 is 4.39 Å². The molecule has 3 atom stereocenters. The predicted octanol–water partition coefficient (Wildman–Crippen LogP) is 5.35. The molecule has 0 amide bonds. The van der Waals surface area contributed by atoms with Gasteiger partial charge < -0.3 is 0 Å². The molecule has 0 radical (unpaired) electrons. The highest BCUT2D eigenvalue weighted by atomic mass is 19.1. The zero-order chi connectivity index (χ0) is 12.1. The summed E-state index contributed by atoms with van der Waals surface area (Å²) in [6.07, 6.45) is 7.51. The van der Waals surface area contributed by atoms with Crippen LogP contribution in [0.25, 0.3) is 0 Å². The maximum absolute atomic E-state index is 13.7. The summed E-state index contributed by atoms with van der Waals surface area (Å²) in [6.45, 7) is 8.87. The summed E-state index contributed by atoms with van der Waals surface area (Å²) in [5, 5.41) is 0. The second-order valence-electron chi connectivity index (χ2n) is 5.99. The Morgan fingerprint density at radius 1 is 1.12 bits per heavy atom. The van der Waals surface area contributed by atoms with Gasteiger partial charge in [-0.3, -0.25) is 0 Å². The third kappa shape index (κ3) is 4.27. The van der Waals surface area contributed by atoms with Crippen LogP contribution in [0.4, 0.5) is 4.39 Å². The zero-order valence-electron chi connectivity index (χ0n) is 11.3. The van der Waals surface area contributed by atoms with Crippen molar-refractivity contribution in [1.82, 2.24) is 0 Å². The van der Waals surface area contributed by atoms with Crippen molar-refractivity contribution >= 4 is 0 Å². The molecule has 1 aliphatic carbocycles. The highest BCUT2D eigenvalue weighted by molar-refractivity contribution is 4.97. The quantitative estimate of drug-likeness (QED) is 0.565. The third-order valence-corrected chi connectivity index (χ3v) is 4.13. The summed E-state index contributed by atoms with van der Waals surface area (Å²) < 4.78 is 13.7. The Hall–Kier alpha value is -0.330. The number of hydrogen-bond acceptors (Lipinski definition) is 0. The Morgan fingerprint density at radius 2 is 1.75 bits per heavy atom. The van der Waals surface area contributed by atoms with Crippen molar-refractivity contribution in [3.63, 3.8) is 0 Å². The molecule has 0 saturated heterocycles. The fourth-order valence-corrected chi connectivity index (χ4v) is 2.54. The molecule has 0 aromatic rings. The van der Waals surface area contributed by atoms with Gasteiger partial charge in [0, 0.05) is 5.92 Å². The average Bonchev–Trinajstić information content (AvgIpc) is 2.23. The van der Waals surface area contributed by atoms with Gasteiger partial charge in [-0.1, -0.05) is 40.2 Å². The Morgan fingerprint density at radius 3 is 2.38 bits per heavy atom. The van der Waals surface area contributed by atoms with Crippen molar-refractivity contribution in [2.75, 3.05) is 0 Å². The van der Waals surface area contributed by atoms with Crippen LogP contribution in [0.2, 0.25) is 0 Å². The van der Waals surface area contributed by atoms with E-state index in [4.69, 9.17) is 0 Å². The van der Waals surface area contributed by atoms with E-state index in [1.165, 1.54) is 19.3 Å². The monoisotopic (exact) mass is 226 g/mol. The third-order valence-electron chi connectivity index (χ3n) is 4.13. The summed E-state index contributed by atoms with van der Waals surface area (Å²) in [5.74, 6) is 2.42. The van der Waals surface area contributed by atoms with Gasteiger partial charge in [0.25, 0.3) is 0 Å². The van der Waals surface area contributed by atoms with Crippen molar-refractivity contribution in [2.45, 2.75) is 59.8 Å². The predicted molar refractivity (Wildman–Crippen MR) is 68.9 cm³/mol. The second-order valence-corrected chi connectivity index (χ2v) is 5.99. The first-order valence-corrected chi connectivity index (χ1v) is 6.86. The molecule has 94 valence electrons. The minimum absolute atomic E-state index is 0.122. The van der Waals surface area contributed by atoms with Gasteiger partial charge in [-0.15, -0.1) is 0 Å². The van der Waals surface area contributed by atoms with Crippen molar-refractivity contribution in [2.24, 2.45) is 23.7 Å². The molecule has 0 aromatic carbocycles. The van der Waals surface area contributed by atoms with E-state index in [1.54, 1.807) is 0 Å². The SMILES string of the molecule is CC(C)[C@H]1CC[C@@H](C)C/C=C(/F)[C@H](C)CC1. The van der Waals surface area contributed by atoms with E-state index in [-0.39, 0.29) is 11.7 Å². The number of hydrogen-bond donors (Lipinski definition) is 0. The molecule has 1 heteroatoms. The van der Waals surface area contributed by atoms with Gasteiger partial charge in [0.2, 0.25) is 0 Å². The molecule has 1 rings (SSSR count). The van der Waals surface area contributed by atoms with E-state index in [0.29, 0.717) is 5.92 Å². The molecule has 0 saturated carbocycles. The molecule has 0 nitrogen and oxygen atoms in total. The Kier molecular flexibility index (Phi) is 5.51. The van der Waals surface area contributed by atoms with E-state index in [1.807, 2.05) is 13.0 Å². The summed E-state index contributed by atoms with van der Waals surface area (Å²) in [7, 11) is 0. The maximum atomic E-state index is 13.7. The van der Waals surface area contributed by atoms with Gasteiger partial charge >= 0.3 is 0 Å².